The van der Waals surface area contributed by atoms with Crippen molar-refractivity contribution in [1.29, 1.82) is 0 Å². The molecule has 190 valence electrons. The van der Waals surface area contributed by atoms with Gasteiger partial charge in [0.25, 0.3) is 0 Å². The van der Waals surface area contributed by atoms with Gasteiger partial charge < -0.3 is 40.2 Å². The second-order valence-electron chi connectivity index (χ2n) is 9.02. The Labute approximate surface area is 199 Å². The maximum atomic E-state index is 12.2. The number of aliphatic carboxylic acids is 1. The Morgan fingerprint density at radius 2 is 2.03 bits per heavy atom. The van der Waals surface area contributed by atoms with Crippen molar-refractivity contribution in [2.75, 3.05) is 25.1 Å². The number of amides is 1. The molecule has 1 saturated carbocycles. The quantitative estimate of drug-likeness (QED) is 0.337. The molecular weight excluding hydrogens is 464 g/mol. The highest BCUT2D eigenvalue weighted by Gasteiger charge is 2.45. The highest BCUT2D eigenvalue weighted by molar-refractivity contribution is 5.82. The van der Waals surface area contributed by atoms with Gasteiger partial charge >= 0.3 is 12.1 Å². The number of carbonyl (C=O) groups is 2. The Bertz CT molecular complexity index is 1080. The minimum Gasteiger partial charge on any atom is -0.481 e. The summed E-state index contributed by atoms with van der Waals surface area (Å²) in [5.41, 5.74) is 0.881. The number of nitrogens with one attached hydrogen (secondary N) is 2. The molecule has 0 aromatic carbocycles. The van der Waals surface area contributed by atoms with Crippen LogP contribution < -0.4 is 10.6 Å². The lowest BCUT2D eigenvalue weighted by Gasteiger charge is -2.19. The van der Waals surface area contributed by atoms with Gasteiger partial charge in [0.15, 0.2) is 23.2 Å². The van der Waals surface area contributed by atoms with Crippen molar-refractivity contribution in [3.05, 3.63) is 12.7 Å². The van der Waals surface area contributed by atoms with Crippen LogP contribution in [-0.2, 0) is 19.0 Å². The molecule has 1 amide bonds. The van der Waals surface area contributed by atoms with Gasteiger partial charge in [-0.1, -0.05) is 6.42 Å². The fourth-order valence-corrected chi connectivity index (χ4v) is 4.86. The summed E-state index contributed by atoms with van der Waals surface area (Å²) >= 11 is 0. The van der Waals surface area contributed by atoms with Crippen molar-refractivity contribution in [1.82, 2.24) is 24.8 Å². The van der Waals surface area contributed by atoms with Crippen LogP contribution in [0.4, 0.5) is 10.6 Å². The van der Waals surface area contributed by atoms with E-state index in [0.29, 0.717) is 49.5 Å². The molecule has 4 unspecified atom stereocenters. The third kappa shape index (κ3) is 4.74. The maximum Gasteiger partial charge on any atom is 0.407 e. The van der Waals surface area contributed by atoms with Crippen LogP contribution >= 0.6 is 0 Å². The summed E-state index contributed by atoms with van der Waals surface area (Å²) in [6, 6.07) is -0.403. The molecular formula is C21H28N6O8. The standard InChI is InChI=1S/C21H28N6O8/c28-15-13(7-34-21(32)26-12-3-1-2-11(12)20(30)31)35-19(16(15)29)27-9-24-14-17(22-8-23-18(14)27)25-10-4-5-33-6-10/h8-13,15-16,19,28-29H,1-7H2,(H,26,32)(H,30,31)(H,22,23,25)/t10-,11?,12?,13?,15-,16-,19?/m1/s1. The minimum atomic E-state index is -1.33. The molecule has 1 aliphatic carbocycles. The van der Waals surface area contributed by atoms with Crippen molar-refractivity contribution in [2.45, 2.75) is 62.3 Å². The zero-order chi connectivity index (χ0) is 24.5. The van der Waals surface area contributed by atoms with Crippen molar-refractivity contribution in [3.63, 3.8) is 0 Å². The monoisotopic (exact) mass is 492 g/mol. The van der Waals surface area contributed by atoms with Crippen molar-refractivity contribution in [3.8, 4) is 0 Å². The number of carbonyl (C=O) groups excluding carboxylic acids is 1. The van der Waals surface area contributed by atoms with Crippen LogP contribution in [0.5, 0.6) is 0 Å². The summed E-state index contributed by atoms with van der Waals surface area (Å²) in [6.07, 6.45) is -0.0881. The van der Waals surface area contributed by atoms with Gasteiger partial charge in [-0.05, 0) is 19.3 Å². The van der Waals surface area contributed by atoms with E-state index in [0.717, 1.165) is 6.42 Å². The molecule has 2 aromatic rings. The molecule has 4 heterocycles. The summed E-state index contributed by atoms with van der Waals surface area (Å²) in [6.45, 7) is 0.902. The number of ether oxygens (including phenoxy) is 3. The van der Waals surface area contributed by atoms with Crippen LogP contribution in [0.2, 0.25) is 0 Å². The third-order valence-corrected chi connectivity index (χ3v) is 6.76. The molecule has 0 bridgehead atoms. The number of carboxylic acids is 1. The van der Waals surface area contributed by atoms with E-state index < -0.39 is 48.6 Å². The Kier molecular flexibility index (Phi) is 6.69. The van der Waals surface area contributed by atoms with Crippen LogP contribution in [0.25, 0.3) is 11.2 Å². The summed E-state index contributed by atoms with van der Waals surface area (Å²) in [5, 5.41) is 36.2. The summed E-state index contributed by atoms with van der Waals surface area (Å²) in [4.78, 5) is 36.4. The zero-order valence-corrected chi connectivity index (χ0v) is 18.8. The lowest BCUT2D eigenvalue weighted by Crippen LogP contribution is -2.42. The normalized spacial score (nSPS) is 32.7. The van der Waals surface area contributed by atoms with Gasteiger partial charge in [0.2, 0.25) is 0 Å². The van der Waals surface area contributed by atoms with E-state index in [4.69, 9.17) is 14.2 Å². The predicted molar refractivity (Wildman–Crippen MR) is 117 cm³/mol. The second kappa shape index (κ2) is 9.89. The average molecular weight is 492 g/mol. The summed E-state index contributed by atoms with van der Waals surface area (Å²) in [5.74, 6) is -1.08. The maximum absolute atomic E-state index is 12.2. The molecule has 7 atom stereocenters. The number of anilines is 1. The molecule has 2 aromatic heterocycles. The van der Waals surface area contributed by atoms with Crippen molar-refractivity contribution >= 4 is 29.0 Å². The van der Waals surface area contributed by atoms with E-state index in [1.807, 2.05) is 0 Å². The molecule has 14 heteroatoms. The summed E-state index contributed by atoms with van der Waals surface area (Å²) in [7, 11) is 0. The van der Waals surface area contributed by atoms with Gasteiger partial charge in [0.05, 0.1) is 24.9 Å². The number of carboxylic acid groups (broad SMARTS) is 1. The number of hydrogen-bond acceptors (Lipinski definition) is 11. The SMILES string of the molecule is O=C(NC1CCCC1C(=O)O)OCC1OC(n2cnc3c(N[C@@H]4CCOC4)ncnc32)[C@H](O)[C@@H]1O. The van der Waals surface area contributed by atoms with E-state index in [-0.39, 0.29) is 12.6 Å². The van der Waals surface area contributed by atoms with Gasteiger partial charge in [-0.15, -0.1) is 0 Å². The number of fused-ring (bicyclic) bond motifs is 1. The number of aliphatic hydroxyl groups is 2. The number of nitrogens with zero attached hydrogens (tertiary/aromatic N) is 4. The Morgan fingerprint density at radius 1 is 1.17 bits per heavy atom. The first kappa shape index (κ1) is 23.7. The molecule has 2 aliphatic heterocycles. The number of alkyl carbamates (subject to hydrolysis) is 1. The zero-order valence-electron chi connectivity index (χ0n) is 18.8. The molecule has 35 heavy (non-hydrogen) atoms. The fraction of sp³-hybridized carbons (Fsp3) is 0.667. The van der Waals surface area contributed by atoms with Crippen molar-refractivity contribution in [2.24, 2.45) is 5.92 Å². The lowest BCUT2D eigenvalue weighted by atomic mass is 10.0. The van der Waals surface area contributed by atoms with Crippen LogP contribution in [0, 0.1) is 5.92 Å². The molecule has 2 saturated heterocycles. The Morgan fingerprint density at radius 3 is 2.80 bits per heavy atom. The van der Waals surface area contributed by atoms with E-state index in [1.165, 1.54) is 17.2 Å². The Balaban J connectivity index is 1.23. The van der Waals surface area contributed by atoms with Gasteiger partial charge in [0, 0.05) is 12.6 Å². The highest BCUT2D eigenvalue weighted by Crippen LogP contribution is 2.33. The van der Waals surface area contributed by atoms with Gasteiger partial charge in [-0.3, -0.25) is 9.36 Å². The largest absolute Gasteiger partial charge is 0.481 e. The first-order chi connectivity index (χ1) is 16.9. The topological polar surface area (TPSA) is 190 Å². The van der Waals surface area contributed by atoms with Crippen molar-refractivity contribution < 1.29 is 39.1 Å². The van der Waals surface area contributed by atoms with Crippen LogP contribution in [0.15, 0.2) is 12.7 Å². The van der Waals surface area contributed by atoms with Crippen LogP contribution in [0.1, 0.15) is 31.9 Å². The van der Waals surface area contributed by atoms with E-state index in [9.17, 15) is 24.9 Å². The van der Waals surface area contributed by atoms with Crippen LogP contribution in [-0.4, -0.2) is 97.1 Å². The number of aliphatic hydroxyl groups excluding tert-OH is 2. The molecule has 3 aliphatic rings. The van der Waals surface area contributed by atoms with E-state index in [2.05, 4.69) is 25.6 Å². The molecule has 0 spiro atoms. The molecule has 5 rings (SSSR count). The fourth-order valence-electron chi connectivity index (χ4n) is 4.86. The smallest absolute Gasteiger partial charge is 0.407 e. The van der Waals surface area contributed by atoms with E-state index >= 15 is 0 Å². The Hall–Kier alpha value is -3.07. The minimum absolute atomic E-state index is 0.107. The number of hydrogen-bond donors (Lipinski definition) is 5. The highest BCUT2D eigenvalue weighted by atomic mass is 16.6. The summed E-state index contributed by atoms with van der Waals surface area (Å²) < 4.78 is 17.9. The number of imidazole rings is 1. The third-order valence-electron chi connectivity index (χ3n) is 6.76. The molecule has 0 radical (unpaired) electrons. The molecule has 3 fully saturated rings. The number of rotatable bonds is 7. The lowest BCUT2D eigenvalue weighted by molar-refractivity contribution is -0.142. The van der Waals surface area contributed by atoms with Gasteiger partial charge in [0.1, 0.15) is 31.2 Å². The van der Waals surface area contributed by atoms with Gasteiger partial charge in [-0.2, -0.15) is 0 Å². The number of aromatic nitrogens is 4. The van der Waals surface area contributed by atoms with Gasteiger partial charge in [-0.25, -0.2) is 19.7 Å². The second-order valence-corrected chi connectivity index (χ2v) is 9.02. The molecule has 14 nitrogen and oxygen atoms in total. The first-order valence-electron chi connectivity index (χ1n) is 11.6. The first-order valence-corrected chi connectivity index (χ1v) is 11.6. The molecule has 5 N–H and O–H groups in total. The van der Waals surface area contributed by atoms with E-state index in [1.54, 1.807) is 0 Å². The predicted octanol–water partition coefficient (Wildman–Crippen LogP) is -0.374. The van der Waals surface area contributed by atoms with Crippen LogP contribution in [0.3, 0.4) is 0 Å². The average Bonchev–Trinajstić information content (AvgIpc) is 3.62.